The first-order chi connectivity index (χ1) is 29.2. The maximum Gasteiger partial charge on any atom is 0.143 e. The summed E-state index contributed by atoms with van der Waals surface area (Å²) < 4.78 is 13.0. The number of para-hydroxylation sites is 2. The third kappa shape index (κ3) is 5.44. The van der Waals surface area contributed by atoms with E-state index in [4.69, 9.17) is 8.83 Å². The number of hydrogen-bond donors (Lipinski definition) is 0. The van der Waals surface area contributed by atoms with Gasteiger partial charge in [-0.25, -0.2) is 0 Å². The highest BCUT2D eigenvalue weighted by Gasteiger charge is 2.19. The van der Waals surface area contributed by atoms with Gasteiger partial charge in [0, 0.05) is 49.6 Å². The molecule has 0 aliphatic carbocycles. The van der Waals surface area contributed by atoms with Crippen LogP contribution in [0.25, 0.3) is 98.8 Å². The third-order valence-electron chi connectivity index (χ3n) is 11.9. The third-order valence-corrected chi connectivity index (χ3v) is 11.9. The van der Waals surface area contributed by atoms with Crippen molar-refractivity contribution in [3.63, 3.8) is 0 Å². The van der Waals surface area contributed by atoms with Crippen LogP contribution in [0.1, 0.15) is 0 Å². The SMILES string of the molecule is c1cc(-c2cccc3c2oc2ccccc23)cc(N(c2ccc(-c3cccc4ccccc34)cc2)c2ccc(-c3cccc4oc5c6ccccc6ccc5c34)cc2)c1. The van der Waals surface area contributed by atoms with E-state index in [1.165, 1.54) is 27.3 Å². The van der Waals surface area contributed by atoms with E-state index in [-0.39, 0.29) is 0 Å². The van der Waals surface area contributed by atoms with Gasteiger partial charge in [0.05, 0.1) is 0 Å². The second kappa shape index (κ2) is 13.4. The fraction of sp³-hybridized carbons (Fsp3) is 0. The van der Waals surface area contributed by atoms with Crippen LogP contribution in [0.2, 0.25) is 0 Å². The summed E-state index contributed by atoms with van der Waals surface area (Å²) in [6.45, 7) is 0. The van der Waals surface area contributed by atoms with E-state index in [1.807, 2.05) is 12.1 Å². The highest BCUT2D eigenvalue weighted by Crippen LogP contribution is 2.43. The summed E-state index contributed by atoms with van der Waals surface area (Å²) in [6.07, 6.45) is 0. The number of nitrogens with zero attached hydrogens (tertiary/aromatic N) is 1. The van der Waals surface area contributed by atoms with Crippen molar-refractivity contribution in [3.8, 4) is 33.4 Å². The van der Waals surface area contributed by atoms with Gasteiger partial charge in [0.15, 0.2) is 0 Å². The molecule has 59 heavy (non-hydrogen) atoms. The number of rotatable bonds is 6. The number of furan rings is 2. The quantitative estimate of drug-likeness (QED) is 0.169. The molecule has 2 aromatic heterocycles. The summed E-state index contributed by atoms with van der Waals surface area (Å²) in [5, 5.41) is 9.29. The fourth-order valence-corrected chi connectivity index (χ4v) is 9.09. The van der Waals surface area contributed by atoms with Crippen molar-refractivity contribution in [3.05, 3.63) is 212 Å². The molecular formula is C56H35NO2. The molecule has 12 aromatic rings. The van der Waals surface area contributed by atoms with Crippen molar-refractivity contribution in [2.75, 3.05) is 4.90 Å². The van der Waals surface area contributed by atoms with Gasteiger partial charge in [-0.05, 0) is 98.6 Å². The van der Waals surface area contributed by atoms with Gasteiger partial charge in [-0.2, -0.15) is 0 Å². The largest absolute Gasteiger partial charge is 0.455 e. The van der Waals surface area contributed by atoms with Crippen molar-refractivity contribution in [1.82, 2.24) is 0 Å². The van der Waals surface area contributed by atoms with Crippen LogP contribution in [-0.4, -0.2) is 0 Å². The van der Waals surface area contributed by atoms with E-state index in [1.54, 1.807) is 0 Å². The van der Waals surface area contributed by atoms with Crippen LogP contribution >= 0.6 is 0 Å². The monoisotopic (exact) mass is 753 g/mol. The van der Waals surface area contributed by atoms with Crippen molar-refractivity contribution in [2.45, 2.75) is 0 Å². The predicted molar refractivity (Wildman–Crippen MR) is 247 cm³/mol. The molecule has 10 aromatic carbocycles. The molecule has 12 rings (SSSR count). The Morgan fingerprint density at radius 2 is 0.847 bits per heavy atom. The van der Waals surface area contributed by atoms with Crippen molar-refractivity contribution in [1.29, 1.82) is 0 Å². The van der Waals surface area contributed by atoms with Crippen LogP contribution < -0.4 is 4.90 Å². The van der Waals surface area contributed by atoms with Gasteiger partial charge in [-0.1, -0.05) is 158 Å². The van der Waals surface area contributed by atoms with E-state index in [9.17, 15) is 0 Å². The summed E-state index contributed by atoms with van der Waals surface area (Å²) in [6, 6.07) is 75.7. The topological polar surface area (TPSA) is 29.5 Å². The molecule has 3 nitrogen and oxygen atoms in total. The second-order valence-corrected chi connectivity index (χ2v) is 15.2. The van der Waals surface area contributed by atoms with Gasteiger partial charge < -0.3 is 13.7 Å². The number of benzene rings is 10. The smallest absolute Gasteiger partial charge is 0.143 e. The molecule has 0 saturated heterocycles. The van der Waals surface area contributed by atoms with Crippen molar-refractivity contribution < 1.29 is 8.83 Å². The Balaban J connectivity index is 0.992. The zero-order valence-electron chi connectivity index (χ0n) is 32.0. The number of anilines is 3. The van der Waals surface area contributed by atoms with Crippen LogP contribution in [-0.2, 0) is 0 Å². The van der Waals surface area contributed by atoms with Gasteiger partial charge in [-0.3, -0.25) is 0 Å². The predicted octanol–water partition coefficient (Wildman–Crippen LogP) is 16.3. The lowest BCUT2D eigenvalue weighted by molar-refractivity contribution is 0.670. The summed E-state index contributed by atoms with van der Waals surface area (Å²) >= 11 is 0. The van der Waals surface area contributed by atoms with Crippen LogP contribution in [0.3, 0.4) is 0 Å². The summed E-state index contributed by atoms with van der Waals surface area (Å²) in [7, 11) is 0. The highest BCUT2D eigenvalue weighted by atomic mass is 16.3. The van der Waals surface area contributed by atoms with Gasteiger partial charge in [-0.15, -0.1) is 0 Å². The van der Waals surface area contributed by atoms with Crippen LogP contribution in [0.15, 0.2) is 221 Å². The molecule has 0 bridgehead atoms. The van der Waals surface area contributed by atoms with Gasteiger partial charge >= 0.3 is 0 Å². The molecular weight excluding hydrogens is 719 g/mol. The molecule has 0 aliphatic rings. The van der Waals surface area contributed by atoms with Gasteiger partial charge in [0.2, 0.25) is 0 Å². The molecule has 0 radical (unpaired) electrons. The Hall–Kier alpha value is -7.88. The lowest BCUT2D eigenvalue weighted by atomic mass is 9.97. The Bertz CT molecular complexity index is 3550. The molecule has 0 saturated carbocycles. The Labute approximate surface area is 340 Å². The normalized spacial score (nSPS) is 11.7. The molecule has 0 spiro atoms. The first kappa shape index (κ1) is 33.3. The first-order valence-corrected chi connectivity index (χ1v) is 20.1. The zero-order chi connectivity index (χ0) is 38.9. The Morgan fingerprint density at radius 1 is 0.288 bits per heavy atom. The highest BCUT2D eigenvalue weighted by molar-refractivity contribution is 6.19. The molecule has 2 heterocycles. The number of hydrogen-bond acceptors (Lipinski definition) is 3. The average Bonchev–Trinajstić information content (AvgIpc) is 3.89. The number of fused-ring (bicyclic) bond motifs is 9. The standard InChI is InChI=1S/C56H35NO2/c1-3-16-44-36(11-1)13-8-19-45(44)38-25-30-41(31-26-38)57(43-15-7-14-40(35-43)48-21-9-22-50-49-18-5-6-23-52(49)58-55(48)50)42-32-27-39(28-33-42)46-20-10-24-53-54(46)51-34-29-37-12-2-4-17-47(37)56(51)59-53/h1-35H. The molecule has 0 fully saturated rings. The summed E-state index contributed by atoms with van der Waals surface area (Å²) in [5.74, 6) is 0. The van der Waals surface area contributed by atoms with Crippen molar-refractivity contribution >= 4 is 82.5 Å². The molecule has 3 heteroatoms. The Kier molecular flexibility index (Phi) is 7.54. The van der Waals surface area contributed by atoms with E-state index in [0.717, 1.165) is 88.6 Å². The molecule has 0 unspecified atom stereocenters. The van der Waals surface area contributed by atoms with E-state index < -0.39 is 0 Å². The molecule has 276 valence electrons. The maximum atomic E-state index is 6.55. The lowest BCUT2D eigenvalue weighted by Gasteiger charge is -2.26. The Morgan fingerprint density at radius 3 is 1.66 bits per heavy atom. The zero-order valence-corrected chi connectivity index (χ0v) is 32.0. The van der Waals surface area contributed by atoms with E-state index >= 15 is 0 Å². The van der Waals surface area contributed by atoms with Crippen LogP contribution in [0.4, 0.5) is 17.1 Å². The lowest BCUT2D eigenvalue weighted by Crippen LogP contribution is -2.10. The summed E-state index contributed by atoms with van der Waals surface area (Å²) in [4.78, 5) is 2.35. The molecule has 0 amide bonds. The fourth-order valence-electron chi connectivity index (χ4n) is 9.09. The minimum atomic E-state index is 0.891. The van der Waals surface area contributed by atoms with E-state index in [0.29, 0.717) is 0 Å². The minimum Gasteiger partial charge on any atom is -0.455 e. The molecule has 0 N–H and O–H groups in total. The summed E-state index contributed by atoms with van der Waals surface area (Å²) in [5.41, 5.74) is 13.6. The van der Waals surface area contributed by atoms with E-state index in [2.05, 4.69) is 205 Å². The average molecular weight is 754 g/mol. The molecule has 0 aliphatic heterocycles. The van der Waals surface area contributed by atoms with Crippen molar-refractivity contribution in [2.24, 2.45) is 0 Å². The van der Waals surface area contributed by atoms with Gasteiger partial charge in [0.1, 0.15) is 22.3 Å². The van der Waals surface area contributed by atoms with Crippen LogP contribution in [0, 0.1) is 0 Å². The van der Waals surface area contributed by atoms with Crippen LogP contribution in [0.5, 0.6) is 0 Å². The molecule has 0 atom stereocenters. The minimum absolute atomic E-state index is 0.891. The maximum absolute atomic E-state index is 6.55. The first-order valence-electron chi connectivity index (χ1n) is 20.1. The second-order valence-electron chi connectivity index (χ2n) is 15.2. The van der Waals surface area contributed by atoms with Gasteiger partial charge in [0.25, 0.3) is 0 Å².